The van der Waals surface area contributed by atoms with Crippen LogP contribution in [0.1, 0.15) is 46.5 Å². The van der Waals surface area contributed by atoms with E-state index in [-0.39, 0.29) is 9.74 Å². The van der Waals surface area contributed by atoms with E-state index in [4.69, 9.17) is 0 Å². The van der Waals surface area contributed by atoms with Crippen LogP contribution in [0.4, 0.5) is 0 Å². The molecule has 90 valence electrons. The van der Waals surface area contributed by atoms with Crippen LogP contribution in [0.25, 0.3) is 0 Å². The Morgan fingerprint density at radius 3 is 2.62 bits per heavy atom. The second-order valence-electron chi connectivity index (χ2n) is 6.73. The summed E-state index contributed by atoms with van der Waals surface area (Å²) < 4.78 is -0.141. The molecule has 3 aliphatic carbocycles. The number of alkyl halides is 1. The van der Waals surface area contributed by atoms with Gasteiger partial charge in [-0.05, 0) is 49.4 Å². The highest BCUT2D eigenvalue weighted by atomic mass is 79.9. The maximum atomic E-state index is 12.6. The second kappa shape index (κ2) is 3.13. The molecule has 1 nitrogen and oxygen atoms in total. The number of carbonyl (C=O) groups is 1. The third-order valence-corrected chi connectivity index (χ3v) is 7.10. The lowest BCUT2D eigenvalue weighted by molar-refractivity contribution is -0.130. The third kappa shape index (κ3) is 1.06. The highest BCUT2D eigenvalue weighted by Gasteiger charge is 2.71. The quantitative estimate of drug-likeness (QED) is 0.670. The number of halogens is 1. The van der Waals surface area contributed by atoms with Gasteiger partial charge in [0.2, 0.25) is 0 Å². The van der Waals surface area contributed by atoms with Crippen molar-refractivity contribution in [3.8, 4) is 0 Å². The highest BCUT2D eigenvalue weighted by Crippen LogP contribution is 2.70. The first-order valence-electron chi connectivity index (χ1n) is 6.65. The van der Waals surface area contributed by atoms with Gasteiger partial charge in [0.15, 0.2) is 5.78 Å². The fourth-order valence-electron chi connectivity index (χ4n) is 4.98. The van der Waals surface area contributed by atoms with E-state index in [1.807, 2.05) is 0 Å². The third-order valence-electron chi connectivity index (χ3n) is 5.81. The minimum Gasteiger partial charge on any atom is -0.297 e. The lowest BCUT2D eigenvalue weighted by Crippen LogP contribution is -2.39. The lowest BCUT2D eigenvalue weighted by atomic mass is 9.62. The molecule has 0 aromatic carbocycles. The molecule has 0 radical (unpaired) electrons. The van der Waals surface area contributed by atoms with E-state index >= 15 is 0 Å². The van der Waals surface area contributed by atoms with Crippen molar-refractivity contribution in [2.24, 2.45) is 29.1 Å². The van der Waals surface area contributed by atoms with Crippen molar-refractivity contribution < 1.29 is 4.79 Å². The van der Waals surface area contributed by atoms with Crippen LogP contribution in [0.3, 0.4) is 0 Å². The van der Waals surface area contributed by atoms with Gasteiger partial charge in [0, 0.05) is 5.41 Å². The van der Waals surface area contributed by atoms with Gasteiger partial charge in [0.25, 0.3) is 0 Å². The van der Waals surface area contributed by atoms with Crippen LogP contribution in [0.5, 0.6) is 0 Å². The summed E-state index contributed by atoms with van der Waals surface area (Å²) in [5, 5.41) is 0. The Hall–Kier alpha value is 0.150. The molecule has 3 fully saturated rings. The SMILES string of the molecule is CC(C)C1CCC2(C)C(=O)C3(Br)CCC2C13. The molecule has 3 rings (SSSR count). The zero-order chi connectivity index (χ0) is 11.7. The van der Waals surface area contributed by atoms with Crippen molar-refractivity contribution in [3.63, 3.8) is 0 Å². The van der Waals surface area contributed by atoms with Crippen LogP contribution < -0.4 is 0 Å². The van der Waals surface area contributed by atoms with Gasteiger partial charge in [-0.3, -0.25) is 4.79 Å². The Morgan fingerprint density at radius 2 is 2.00 bits per heavy atom. The van der Waals surface area contributed by atoms with Gasteiger partial charge in [-0.2, -0.15) is 0 Å². The molecule has 4 bridgehead atoms. The summed E-state index contributed by atoms with van der Waals surface area (Å²) >= 11 is 3.85. The summed E-state index contributed by atoms with van der Waals surface area (Å²) in [6, 6.07) is 0. The van der Waals surface area contributed by atoms with E-state index in [0.29, 0.717) is 17.6 Å². The first-order valence-corrected chi connectivity index (χ1v) is 7.44. The minimum absolute atomic E-state index is 0.0117. The van der Waals surface area contributed by atoms with Gasteiger partial charge in [0.1, 0.15) is 0 Å². The molecule has 3 aliphatic rings. The Kier molecular flexibility index (Phi) is 2.20. The summed E-state index contributed by atoms with van der Waals surface area (Å²) in [6.07, 6.45) is 4.74. The smallest absolute Gasteiger partial charge is 0.155 e. The van der Waals surface area contributed by atoms with Gasteiger partial charge >= 0.3 is 0 Å². The van der Waals surface area contributed by atoms with Gasteiger partial charge in [-0.25, -0.2) is 0 Å². The summed E-state index contributed by atoms with van der Waals surface area (Å²) in [7, 11) is 0. The van der Waals surface area contributed by atoms with Crippen molar-refractivity contribution in [3.05, 3.63) is 0 Å². The summed E-state index contributed by atoms with van der Waals surface area (Å²) in [4.78, 5) is 12.6. The van der Waals surface area contributed by atoms with Gasteiger partial charge in [0.05, 0.1) is 4.32 Å². The molecule has 0 aromatic rings. The molecule has 0 spiro atoms. The second-order valence-corrected chi connectivity index (χ2v) is 8.14. The molecule has 3 saturated carbocycles. The van der Waals surface area contributed by atoms with E-state index in [1.165, 1.54) is 12.8 Å². The average Bonchev–Trinajstić information content (AvgIpc) is 2.61. The summed E-state index contributed by atoms with van der Waals surface area (Å²) in [5.41, 5.74) is 0.0117. The molecule has 5 unspecified atom stereocenters. The molecule has 0 aromatic heterocycles. The molecule has 0 heterocycles. The predicted molar refractivity (Wildman–Crippen MR) is 68.5 cm³/mol. The molecule has 16 heavy (non-hydrogen) atoms. The van der Waals surface area contributed by atoms with Crippen LogP contribution >= 0.6 is 15.9 Å². The van der Waals surface area contributed by atoms with E-state index in [9.17, 15) is 4.79 Å². The van der Waals surface area contributed by atoms with Crippen LogP contribution in [0, 0.1) is 29.1 Å². The van der Waals surface area contributed by atoms with Crippen molar-refractivity contribution in [2.45, 2.75) is 50.8 Å². The van der Waals surface area contributed by atoms with Crippen molar-refractivity contribution in [1.29, 1.82) is 0 Å². The fraction of sp³-hybridized carbons (Fsp3) is 0.929. The van der Waals surface area contributed by atoms with Gasteiger partial charge in [-0.15, -0.1) is 0 Å². The van der Waals surface area contributed by atoms with Crippen LogP contribution in [-0.4, -0.2) is 10.1 Å². The van der Waals surface area contributed by atoms with E-state index in [2.05, 4.69) is 36.7 Å². The number of Topliss-reactive ketones (excluding diaryl/α,β-unsaturated/α-hetero) is 1. The Balaban J connectivity index is 2.07. The molecule has 0 amide bonds. The van der Waals surface area contributed by atoms with Gasteiger partial charge < -0.3 is 0 Å². The zero-order valence-electron chi connectivity index (χ0n) is 10.4. The summed E-state index contributed by atoms with van der Waals surface area (Å²) in [5.74, 6) is 3.30. The first kappa shape index (κ1) is 11.3. The molecular weight excluding hydrogens is 264 g/mol. The molecule has 0 N–H and O–H groups in total. The number of ketones is 1. The van der Waals surface area contributed by atoms with Crippen molar-refractivity contribution in [2.75, 3.05) is 0 Å². The normalized spacial score (nSPS) is 55.1. The molecular formula is C14H21BrO. The predicted octanol–water partition coefficient (Wildman–Crippen LogP) is 3.80. The van der Waals surface area contributed by atoms with Gasteiger partial charge in [-0.1, -0.05) is 36.7 Å². The Bertz CT molecular complexity index is 351. The van der Waals surface area contributed by atoms with E-state index < -0.39 is 0 Å². The molecule has 0 aliphatic heterocycles. The van der Waals surface area contributed by atoms with Crippen molar-refractivity contribution in [1.82, 2.24) is 0 Å². The topological polar surface area (TPSA) is 17.1 Å². The fourth-order valence-corrected chi connectivity index (χ4v) is 6.32. The zero-order valence-corrected chi connectivity index (χ0v) is 12.0. The van der Waals surface area contributed by atoms with Crippen LogP contribution in [0.15, 0.2) is 0 Å². The van der Waals surface area contributed by atoms with E-state index in [1.54, 1.807) is 0 Å². The number of rotatable bonds is 1. The Labute approximate surface area is 106 Å². The van der Waals surface area contributed by atoms with Crippen LogP contribution in [0.2, 0.25) is 0 Å². The average molecular weight is 285 g/mol. The first-order chi connectivity index (χ1) is 7.41. The number of carbonyl (C=O) groups excluding carboxylic acids is 1. The lowest BCUT2D eigenvalue weighted by Gasteiger charge is -2.41. The molecule has 0 saturated heterocycles. The monoisotopic (exact) mass is 284 g/mol. The maximum Gasteiger partial charge on any atom is 0.155 e. The maximum absolute atomic E-state index is 12.6. The largest absolute Gasteiger partial charge is 0.297 e. The highest BCUT2D eigenvalue weighted by molar-refractivity contribution is 9.10. The Morgan fingerprint density at radius 1 is 1.31 bits per heavy atom. The van der Waals surface area contributed by atoms with E-state index in [0.717, 1.165) is 24.7 Å². The van der Waals surface area contributed by atoms with Crippen molar-refractivity contribution >= 4 is 21.7 Å². The molecule has 2 heteroatoms. The summed E-state index contributed by atoms with van der Waals surface area (Å²) in [6.45, 7) is 6.88. The molecule has 5 atom stereocenters. The minimum atomic E-state index is -0.141. The standard InChI is InChI=1S/C14H21BrO/c1-8(2)9-4-6-13(3)10-5-7-14(15,11(9)10)12(13)16/h8-11H,4-7H2,1-3H3. The van der Waals surface area contributed by atoms with Crippen LogP contribution in [-0.2, 0) is 4.79 Å². The number of hydrogen-bond acceptors (Lipinski definition) is 1. The number of hydrogen-bond donors (Lipinski definition) is 0.